The van der Waals surface area contributed by atoms with Crippen LogP contribution < -0.4 is 20.5 Å². The average Bonchev–Trinajstić information content (AvgIpc) is 2.74. The highest BCUT2D eigenvalue weighted by atomic mass is 16.7. The number of benzene rings is 2. The minimum atomic E-state index is -0.240. The van der Waals surface area contributed by atoms with Gasteiger partial charge in [-0.3, -0.25) is 4.79 Å². The molecule has 1 N–H and O–H groups in total. The standard InChI is InChI=1S/C21H23N3O4/c1-26-15-7-8-16(19(13-15)22-14-9-11-28-12-10-14)20-23-18-6-4-3-5-17(18)21(25)24(20)27-2/h3-8,13-14,22H,9-12H2,1-2H3. The number of hydrogen-bond acceptors (Lipinski definition) is 6. The van der Waals surface area contributed by atoms with E-state index in [4.69, 9.17) is 19.3 Å². The van der Waals surface area contributed by atoms with Crippen LogP contribution in [-0.4, -0.2) is 43.2 Å². The van der Waals surface area contributed by atoms with E-state index in [2.05, 4.69) is 5.32 Å². The third-order valence-corrected chi connectivity index (χ3v) is 4.97. The monoisotopic (exact) mass is 381 g/mol. The Kier molecular flexibility index (Phi) is 5.16. The SMILES string of the molecule is COc1ccc(-c2nc3ccccc3c(=O)n2OC)c(NC2CCOCC2)c1. The second-order valence-corrected chi connectivity index (χ2v) is 6.68. The normalized spacial score (nSPS) is 14.8. The molecular formula is C21H23N3O4. The van der Waals surface area contributed by atoms with E-state index in [0.717, 1.165) is 43.1 Å². The Balaban J connectivity index is 1.87. The van der Waals surface area contributed by atoms with Crippen molar-refractivity contribution in [2.45, 2.75) is 18.9 Å². The maximum Gasteiger partial charge on any atom is 0.294 e. The molecule has 0 amide bonds. The van der Waals surface area contributed by atoms with Crippen molar-refractivity contribution in [1.29, 1.82) is 0 Å². The third-order valence-electron chi connectivity index (χ3n) is 4.97. The highest BCUT2D eigenvalue weighted by molar-refractivity contribution is 5.82. The van der Waals surface area contributed by atoms with Gasteiger partial charge in [0.25, 0.3) is 5.56 Å². The van der Waals surface area contributed by atoms with Crippen LogP contribution in [0.4, 0.5) is 5.69 Å². The highest BCUT2D eigenvalue weighted by Crippen LogP contribution is 2.32. The van der Waals surface area contributed by atoms with Crippen LogP contribution in [0.1, 0.15) is 12.8 Å². The molecule has 7 heteroatoms. The lowest BCUT2D eigenvalue weighted by Crippen LogP contribution is -2.29. The van der Waals surface area contributed by atoms with E-state index >= 15 is 0 Å². The first-order valence-corrected chi connectivity index (χ1v) is 9.30. The van der Waals surface area contributed by atoms with Crippen molar-refractivity contribution < 1.29 is 14.3 Å². The minimum Gasteiger partial charge on any atom is -0.497 e. The molecule has 0 spiro atoms. The van der Waals surface area contributed by atoms with Gasteiger partial charge in [-0.15, -0.1) is 4.73 Å². The molecule has 1 aromatic heterocycles. The summed E-state index contributed by atoms with van der Waals surface area (Å²) in [5.41, 5.74) is 2.01. The molecule has 146 valence electrons. The van der Waals surface area contributed by atoms with Gasteiger partial charge in [-0.1, -0.05) is 12.1 Å². The molecule has 1 fully saturated rings. The van der Waals surface area contributed by atoms with Gasteiger partial charge >= 0.3 is 0 Å². The number of ether oxygens (including phenoxy) is 2. The topological polar surface area (TPSA) is 74.6 Å². The summed E-state index contributed by atoms with van der Waals surface area (Å²) in [5.74, 6) is 1.17. The Bertz CT molecular complexity index is 1040. The molecule has 0 aliphatic carbocycles. The summed E-state index contributed by atoms with van der Waals surface area (Å²) in [6.07, 6.45) is 1.83. The van der Waals surface area contributed by atoms with Crippen LogP contribution in [0, 0.1) is 0 Å². The summed E-state index contributed by atoms with van der Waals surface area (Å²) < 4.78 is 12.1. The highest BCUT2D eigenvalue weighted by Gasteiger charge is 2.20. The summed E-state index contributed by atoms with van der Waals surface area (Å²) in [5, 5.41) is 4.08. The number of aromatic nitrogens is 2. The van der Waals surface area contributed by atoms with E-state index in [1.807, 2.05) is 36.4 Å². The summed E-state index contributed by atoms with van der Waals surface area (Å²) in [7, 11) is 3.10. The predicted octanol–water partition coefficient (Wildman–Crippen LogP) is 2.72. The van der Waals surface area contributed by atoms with Crippen molar-refractivity contribution in [2.24, 2.45) is 0 Å². The molecule has 3 aromatic rings. The maximum absolute atomic E-state index is 12.9. The van der Waals surface area contributed by atoms with Gasteiger partial charge in [-0.2, -0.15) is 0 Å². The zero-order chi connectivity index (χ0) is 19.5. The van der Waals surface area contributed by atoms with Crippen LogP contribution in [0.5, 0.6) is 5.75 Å². The number of methoxy groups -OCH3 is 1. The first-order valence-electron chi connectivity index (χ1n) is 9.30. The maximum atomic E-state index is 12.9. The summed E-state index contributed by atoms with van der Waals surface area (Å²) >= 11 is 0. The van der Waals surface area contributed by atoms with Crippen LogP contribution in [0.3, 0.4) is 0 Å². The lowest BCUT2D eigenvalue weighted by atomic mass is 10.1. The van der Waals surface area contributed by atoms with Crippen LogP contribution in [-0.2, 0) is 4.74 Å². The zero-order valence-electron chi connectivity index (χ0n) is 16.0. The van der Waals surface area contributed by atoms with E-state index < -0.39 is 0 Å². The van der Waals surface area contributed by atoms with E-state index in [1.54, 1.807) is 13.2 Å². The first-order chi connectivity index (χ1) is 13.7. The Morgan fingerprint density at radius 2 is 1.93 bits per heavy atom. The molecule has 2 heterocycles. The second kappa shape index (κ2) is 7.90. The lowest BCUT2D eigenvalue weighted by molar-refractivity contribution is 0.0904. The Morgan fingerprint density at radius 3 is 2.68 bits per heavy atom. The van der Waals surface area contributed by atoms with Crippen molar-refractivity contribution in [3.63, 3.8) is 0 Å². The van der Waals surface area contributed by atoms with Crippen molar-refractivity contribution >= 4 is 16.6 Å². The number of nitrogens with zero attached hydrogens (tertiary/aromatic N) is 2. The van der Waals surface area contributed by atoms with Crippen LogP contribution in [0.15, 0.2) is 47.3 Å². The molecule has 7 nitrogen and oxygen atoms in total. The third kappa shape index (κ3) is 3.41. The van der Waals surface area contributed by atoms with Gasteiger partial charge < -0.3 is 19.6 Å². The fourth-order valence-electron chi connectivity index (χ4n) is 3.48. The second-order valence-electron chi connectivity index (χ2n) is 6.68. The molecule has 2 aromatic carbocycles. The Morgan fingerprint density at radius 1 is 1.14 bits per heavy atom. The quantitative estimate of drug-likeness (QED) is 0.733. The lowest BCUT2D eigenvalue weighted by Gasteiger charge is -2.26. The van der Waals surface area contributed by atoms with Gasteiger partial charge in [0.05, 0.1) is 18.0 Å². The Labute approximate surface area is 162 Å². The fourth-order valence-corrected chi connectivity index (χ4v) is 3.48. The van der Waals surface area contributed by atoms with Crippen molar-refractivity contribution in [3.8, 4) is 17.1 Å². The summed E-state index contributed by atoms with van der Waals surface area (Å²) in [6.45, 7) is 1.46. The van der Waals surface area contributed by atoms with Crippen LogP contribution in [0.2, 0.25) is 0 Å². The van der Waals surface area contributed by atoms with E-state index in [9.17, 15) is 4.79 Å². The predicted molar refractivity (Wildman–Crippen MR) is 108 cm³/mol. The minimum absolute atomic E-state index is 0.240. The van der Waals surface area contributed by atoms with Crippen molar-refractivity contribution in [3.05, 3.63) is 52.8 Å². The van der Waals surface area contributed by atoms with Gasteiger partial charge in [0.15, 0.2) is 5.82 Å². The fraction of sp³-hybridized carbons (Fsp3) is 0.333. The molecule has 1 saturated heterocycles. The number of hydrogen-bond donors (Lipinski definition) is 1. The number of para-hydroxylation sites is 1. The number of nitrogens with one attached hydrogen (secondary N) is 1. The summed E-state index contributed by atoms with van der Waals surface area (Å²) in [6, 6.07) is 13.2. The van der Waals surface area contributed by atoms with E-state index in [-0.39, 0.29) is 11.6 Å². The molecule has 1 aliphatic rings. The summed E-state index contributed by atoms with van der Waals surface area (Å²) in [4.78, 5) is 23.0. The molecule has 0 saturated carbocycles. The molecular weight excluding hydrogens is 358 g/mol. The van der Waals surface area contributed by atoms with Gasteiger partial charge in [0.2, 0.25) is 0 Å². The van der Waals surface area contributed by atoms with Gasteiger partial charge in [-0.25, -0.2) is 4.98 Å². The molecule has 1 aliphatic heterocycles. The molecule has 0 radical (unpaired) electrons. The van der Waals surface area contributed by atoms with Crippen LogP contribution >= 0.6 is 0 Å². The Hall–Kier alpha value is -3.06. The molecule has 0 bridgehead atoms. The van der Waals surface area contributed by atoms with Crippen molar-refractivity contribution in [2.75, 3.05) is 32.8 Å². The smallest absolute Gasteiger partial charge is 0.294 e. The molecule has 0 atom stereocenters. The van der Waals surface area contributed by atoms with Crippen molar-refractivity contribution in [1.82, 2.24) is 9.71 Å². The molecule has 28 heavy (non-hydrogen) atoms. The van der Waals surface area contributed by atoms with Gasteiger partial charge in [-0.05, 0) is 37.1 Å². The first kappa shape index (κ1) is 18.3. The van der Waals surface area contributed by atoms with E-state index in [0.29, 0.717) is 16.7 Å². The zero-order valence-corrected chi connectivity index (χ0v) is 16.0. The largest absolute Gasteiger partial charge is 0.497 e. The number of rotatable bonds is 5. The molecule has 4 rings (SSSR count). The number of anilines is 1. The average molecular weight is 381 g/mol. The van der Waals surface area contributed by atoms with Gasteiger partial charge in [0.1, 0.15) is 12.9 Å². The van der Waals surface area contributed by atoms with E-state index in [1.165, 1.54) is 11.8 Å². The van der Waals surface area contributed by atoms with Crippen LogP contribution in [0.25, 0.3) is 22.3 Å². The number of fused-ring (bicyclic) bond motifs is 1. The van der Waals surface area contributed by atoms with Gasteiger partial charge in [0, 0.05) is 36.6 Å². The molecule has 0 unspecified atom stereocenters.